The molecule has 0 unspecified atom stereocenters. The Hall–Kier alpha value is -1.78. The molecule has 2 aromatic rings. The zero-order chi connectivity index (χ0) is 12.8. The summed E-state index contributed by atoms with van der Waals surface area (Å²) in [5.41, 5.74) is 9.35. The van der Waals surface area contributed by atoms with Gasteiger partial charge in [0.15, 0.2) is 5.65 Å². The standard InChI is InChI=1S/C12H19N5/c1-12(2,3)10-8-9(14-4)7(13)6-15-11(8)17(5)16-10/h6H,13H2,1-5H3,(H,14,15). The van der Waals surface area contributed by atoms with Crippen molar-refractivity contribution in [1.29, 1.82) is 0 Å². The van der Waals surface area contributed by atoms with Gasteiger partial charge in [0.25, 0.3) is 0 Å². The highest BCUT2D eigenvalue weighted by Crippen LogP contribution is 2.35. The van der Waals surface area contributed by atoms with Crippen LogP contribution in [0.1, 0.15) is 26.5 Å². The monoisotopic (exact) mass is 233 g/mol. The molecule has 5 nitrogen and oxygen atoms in total. The van der Waals surface area contributed by atoms with Gasteiger partial charge in [-0.05, 0) is 0 Å². The summed E-state index contributed by atoms with van der Waals surface area (Å²) < 4.78 is 1.80. The van der Waals surface area contributed by atoms with Crippen LogP contribution in [0.3, 0.4) is 0 Å². The van der Waals surface area contributed by atoms with Crippen molar-refractivity contribution in [2.24, 2.45) is 7.05 Å². The molecule has 92 valence electrons. The first-order chi connectivity index (χ1) is 7.86. The Kier molecular flexibility index (Phi) is 2.49. The third kappa shape index (κ3) is 1.71. The van der Waals surface area contributed by atoms with E-state index in [1.54, 1.807) is 10.9 Å². The minimum absolute atomic E-state index is 0.0411. The van der Waals surface area contributed by atoms with Gasteiger partial charge >= 0.3 is 0 Å². The average molecular weight is 233 g/mol. The fourth-order valence-corrected chi connectivity index (χ4v) is 2.03. The van der Waals surface area contributed by atoms with Crippen molar-refractivity contribution >= 4 is 22.4 Å². The highest BCUT2D eigenvalue weighted by Gasteiger charge is 2.25. The van der Waals surface area contributed by atoms with Gasteiger partial charge in [0, 0.05) is 19.5 Å². The van der Waals surface area contributed by atoms with Crippen molar-refractivity contribution < 1.29 is 0 Å². The summed E-state index contributed by atoms with van der Waals surface area (Å²) in [4.78, 5) is 4.36. The second kappa shape index (κ2) is 3.61. The molecule has 0 aliphatic carbocycles. The van der Waals surface area contributed by atoms with Gasteiger partial charge in [-0.3, -0.25) is 4.68 Å². The van der Waals surface area contributed by atoms with Crippen molar-refractivity contribution in [2.45, 2.75) is 26.2 Å². The Morgan fingerprint density at radius 3 is 2.53 bits per heavy atom. The van der Waals surface area contributed by atoms with Crippen LogP contribution in [-0.4, -0.2) is 21.8 Å². The van der Waals surface area contributed by atoms with Crippen LogP contribution in [0.25, 0.3) is 11.0 Å². The van der Waals surface area contributed by atoms with E-state index < -0.39 is 0 Å². The maximum absolute atomic E-state index is 5.96. The fraction of sp³-hybridized carbons (Fsp3) is 0.500. The first-order valence-electron chi connectivity index (χ1n) is 5.65. The number of nitrogens with two attached hydrogens (primary N) is 1. The summed E-state index contributed by atoms with van der Waals surface area (Å²) in [6, 6.07) is 0. The number of rotatable bonds is 1. The van der Waals surface area contributed by atoms with Crippen molar-refractivity contribution in [2.75, 3.05) is 18.1 Å². The second-order valence-electron chi connectivity index (χ2n) is 5.26. The maximum atomic E-state index is 5.96. The third-order valence-corrected chi connectivity index (χ3v) is 2.84. The number of nitrogens with zero attached hydrogens (tertiary/aromatic N) is 3. The van der Waals surface area contributed by atoms with Crippen LogP contribution in [0, 0.1) is 0 Å². The van der Waals surface area contributed by atoms with E-state index >= 15 is 0 Å². The Balaban J connectivity index is 2.91. The molecule has 0 aromatic carbocycles. The van der Waals surface area contributed by atoms with E-state index in [-0.39, 0.29) is 5.41 Å². The number of fused-ring (bicyclic) bond motifs is 1. The van der Waals surface area contributed by atoms with Gasteiger partial charge in [-0.1, -0.05) is 20.8 Å². The van der Waals surface area contributed by atoms with Gasteiger partial charge in [-0.15, -0.1) is 0 Å². The molecule has 2 heterocycles. The number of pyridine rings is 1. The maximum Gasteiger partial charge on any atom is 0.160 e. The van der Waals surface area contributed by atoms with Crippen LogP contribution in [0.15, 0.2) is 6.20 Å². The molecule has 0 radical (unpaired) electrons. The summed E-state index contributed by atoms with van der Waals surface area (Å²) in [5, 5.41) is 8.73. The number of nitrogens with one attached hydrogen (secondary N) is 1. The average Bonchev–Trinajstić information content (AvgIpc) is 2.56. The molecule has 0 spiro atoms. The summed E-state index contributed by atoms with van der Waals surface area (Å²) in [5.74, 6) is 0. The molecule has 0 atom stereocenters. The lowest BCUT2D eigenvalue weighted by molar-refractivity contribution is 0.558. The molecule has 0 saturated heterocycles. The summed E-state index contributed by atoms with van der Waals surface area (Å²) in [7, 11) is 3.77. The molecule has 0 bridgehead atoms. The van der Waals surface area contributed by atoms with Crippen molar-refractivity contribution in [3.63, 3.8) is 0 Å². The van der Waals surface area contributed by atoms with Crippen LogP contribution in [0.2, 0.25) is 0 Å². The van der Waals surface area contributed by atoms with Gasteiger partial charge in [0.1, 0.15) is 0 Å². The largest absolute Gasteiger partial charge is 0.396 e. The van der Waals surface area contributed by atoms with Gasteiger partial charge in [-0.25, -0.2) is 4.98 Å². The molecule has 2 aromatic heterocycles. The zero-order valence-electron chi connectivity index (χ0n) is 11.0. The number of anilines is 2. The smallest absolute Gasteiger partial charge is 0.160 e. The molecule has 0 saturated carbocycles. The van der Waals surface area contributed by atoms with E-state index in [1.165, 1.54) is 0 Å². The summed E-state index contributed by atoms with van der Waals surface area (Å²) in [6.45, 7) is 6.41. The number of hydrogen-bond donors (Lipinski definition) is 2. The summed E-state index contributed by atoms with van der Waals surface area (Å²) in [6.07, 6.45) is 1.67. The molecule has 17 heavy (non-hydrogen) atoms. The lowest BCUT2D eigenvalue weighted by Gasteiger charge is -2.17. The lowest BCUT2D eigenvalue weighted by Crippen LogP contribution is -2.13. The zero-order valence-corrected chi connectivity index (χ0v) is 11.0. The van der Waals surface area contributed by atoms with E-state index in [2.05, 4.69) is 36.2 Å². The third-order valence-electron chi connectivity index (χ3n) is 2.84. The minimum atomic E-state index is -0.0411. The number of aryl methyl sites for hydroxylation is 1. The number of hydrogen-bond acceptors (Lipinski definition) is 4. The Bertz CT molecular complexity index is 562. The van der Waals surface area contributed by atoms with E-state index in [4.69, 9.17) is 5.73 Å². The normalized spacial score (nSPS) is 12.1. The highest BCUT2D eigenvalue weighted by molar-refractivity contribution is 5.97. The van der Waals surface area contributed by atoms with Gasteiger partial charge in [-0.2, -0.15) is 5.10 Å². The molecule has 0 aliphatic heterocycles. The van der Waals surface area contributed by atoms with Crippen LogP contribution in [0.5, 0.6) is 0 Å². The van der Waals surface area contributed by atoms with E-state index in [9.17, 15) is 0 Å². The molecule has 0 fully saturated rings. The van der Waals surface area contributed by atoms with Crippen LogP contribution in [-0.2, 0) is 12.5 Å². The molecule has 5 heteroatoms. The molecular weight excluding hydrogens is 214 g/mol. The molecule has 0 aliphatic rings. The number of nitrogen functional groups attached to an aromatic ring is 1. The van der Waals surface area contributed by atoms with Crippen LogP contribution >= 0.6 is 0 Å². The lowest BCUT2D eigenvalue weighted by atomic mass is 9.90. The van der Waals surface area contributed by atoms with Gasteiger partial charge in [0.2, 0.25) is 0 Å². The molecule has 0 amide bonds. The Morgan fingerprint density at radius 1 is 1.35 bits per heavy atom. The predicted octanol–water partition coefficient (Wildman–Crippen LogP) is 1.89. The van der Waals surface area contributed by atoms with E-state index in [0.717, 1.165) is 22.4 Å². The summed E-state index contributed by atoms with van der Waals surface area (Å²) >= 11 is 0. The Labute approximate surface area is 101 Å². The van der Waals surface area contributed by atoms with Gasteiger partial charge < -0.3 is 11.1 Å². The first-order valence-corrected chi connectivity index (χ1v) is 5.65. The first kappa shape index (κ1) is 11.7. The molecular formula is C12H19N5. The van der Waals surface area contributed by atoms with E-state index in [0.29, 0.717) is 5.69 Å². The van der Waals surface area contributed by atoms with Crippen molar-refractivity contribution in [3.05, 3.63) is 11.9 Å². The number of aromatic nitrogens is 3. The fourth-order valence-electron chi connectivity index (χ4n) is 2.03. The van der Waals surface area contributed by atoms with Crippen LogP contribution in [0.4, 0.5) is 11.4 Å². The Morgan fingerprint density at radius 2 is 2.00 bits per heavy atom. The van der Waals surface area contributed by atoms with Crippen molar-refractivity contribution in [1.82, 2.24) is 14.8 Å². The molecule has 3 N–H and O–H groups in total. The highest BCUT2D eigenvalue weighted by atomic mass is 15.3. The minimum Gasteiger partial charge on any atom is -0.396 e. The second-order valence-corrected chi connectivity index (χ2v) is 5.26. The SMILES string of the molecule is CNc1c(N)cnc2c1c(C(C)(C)C)nn2C. The quantitative estimate of drug-likeness (QED) is 0.789. The van der Waals surface area contributed by atoms with Gasteiger partial charge in [0.05, 0.1) is 28.7 Å². The van der Waals surface area contributed by atoms with Crippen LogP contribution < -0.4 is 11.1 Å². The molecule has 2 rings (SSSR count). The van der Waals surface area contributed by atoms with E-state index in [1.807, 2.05) is 14.1 Å². The van der Waals surface area contributed by atoms with Crippen molar-refractivity contribution in [3.8, 4) is 0 Å². The topological polar surface area (TPSA) is 68.8 Å². The predicted molar refractivity (Wildman–Crippen MR) is 71.2 cm³/mol.